The van der Waals surface area contributed by atoms with Crippen LogP contribution in [0, 0.1) is 12.7 Å². The lowest BCUT2D eigenvalue weighted by molar-refractivity contribution is -0.117. The van der Waals surface area contributed by atoms with Gasteiger partial charge in [0.2, 0.25) is 5.91 Å². The van der Waals surface area contributed by atoms with Crippen LogP contribution >= 0.6 is 0 Å². The normalized spacial score (nSPS) is 11.1. The van der Waals surface area contributed by atoms with E-state index in [1.165, 1.54) is 13.2 Å². The average Bonchev–Trinajstić information content (AvgIpc) is 2.62. The van der Waals surface area contributed by atoms with Crippen molar-refractivity contribution < 1.29 is 13.9 Å². The Bertz CT molecular complexity index is 790. The molecule has 0 saturated heterocycles. The van der Waals surface area contributed by atoms with E-state index >= 15 is 0 Å². The summed E-state index contributed by atoms with van der Waals surface area (Å²) in [5.41, 5.74) is 3.88. The summed E-state index contributed by atoms with van der Waals surface area (Å²) in [7, 11) is 1.44. The van der Waals surface area contributed by atoms with Crippen molar-refractivity contribution in [2.24, 2.45) is 0 Å². The molecule has 0 aromatic heterocycles. The highest BCUT2D eigenvalue weighted by Crippen LogP contribution is 2.27. The van der Waals surface area contributed by atoms with Gasteiger partial charge in [0.25, 0.3) is 0 Å². The molecule has 1 amide bonds. The van der Waals surface area contributed by atoms with Gasteiger partial charge in [-0.3, -0.25) is 9.69 Å². The number of amides is 1. The minimum absolute atomic E-state index is 0.0676. The fourth-order valence-corrected chi connectivity index (χ4v) is 3.07. The molecule has 5 heteroatoms. The van der Waals surface area contributed by atoms with E-state index in [2.05, 4.69) is 19.2 Å². The van der Waals surface area contributed by atoms with E-state index in [-0.39, 0.29) is 18.2 Å². The van der Waals surface area contributed by atoms with Crippen LogP contribution in [0.4, 0.5) is 10.1 Å². The summed E-state index contributed by atoms with van der Waals surface area (Å²) in [5.74, 6) is 0.0871. The molecule has 0 aliphatic heterocycles. The highest BCUT2D eigenvalue weighted by atomic mass is 19.1. The molecule has 0 aliphatic carbocycles. The van der Waals surface area contributed by atoms with Crippen LogP contribution in [0.3, 0.4) is 0 Å². The summed E-state index contributed by atoms with van der Waals surface area (Å²) < 4.78 is 18.8. The predicted molar refractivity (Wildman–Crippen MR) is 108 cm³/mol. The van der Waals surface area contributed by atoms with Gasteiger partial charge in [-0.2, -0.15) is 0 Å². The Morgan fingerprint density at radius 2 is 2.00 bits per heavy atom. The molecule has 0 spiro atoms. The molecule has 2 aromatic carbocycles. The van der Waals surface area contributed by atoms with Crippen molar-refractivity contribution in [1.29, 1.82) is 0 Å². The molecule has 4 nitrogen and oxygen atoms in total. The van der Waals surface area contributed by atoms with Crippen molar-refractivity contribution >= 4 is 11.6 Å². The second-order valence-corrected chi connectivity index (χ2v) is 7.01. The SMILES string of the molecule is CCN(CC(=O)Nc1c(C)cccc1C(C)C)Cc1ccc(OC)c(F)c1. The summed E-state index contributed by atoms with van der Waals surface area (Å²) >= 11 is 0. The van der Waals surface area contributed by atoms with Gasteiger partial charge in [0, 0.05) is 12.2 Å². The van der Waals surface area contributed by atoms with Gasteiger partial charge in [-0.05, 0) is 48.2 Å². The van der Waals surface area contributed by atoms with Crippen LogP contribution in [0.2, 0.25) is 0 Å². The molecule has 2 rings (SSSR count). The first-order valence-electron chi connectivity index (χ1n) is 9.29. The number of aryl methyl sites for hydroxylation is 1. The lowest BCUT2D eigenvalue weighted by Crippen LogP contribution is -2.33. The molecule has 0 atom stereocenters. The molecule has 27 heavy (non-hydrogen) atoms. The Morgan fingerprint density at radius 3 is 2.59 bits per heavy atom. The fourth-order valence-electron chi connectivity index (χ4n) is 3.07. The van der Waals surface area contributed by atoms with E-state index in [0.29, 0.717) is 19.0 Å². The smallest absolute Gasteiger partial charge is 0.238 e. The van der Waals surface area contributed by atoms with Crippen LogP contribution in [0.15, 0.2) is 36.4 Å². The van der Waals surface area contributed by atoms with Crippen molar-refractivity contribution in [3.63, 3.8) is 0 Å². The maximum atomic E-state index is 13.9. The van der Waals surface area contributed by atoms with Gasteiger partial charge in [0.05, 0.1) is 13.7 Å². The Kier molecular flexibility index (Phi) is 7.36. The van der Waals surface area contributed by atoms with Crippen LogP contribution < -0.4 is 10.1 Å². The number of carbonyl (C=O) groups is 1. The standard InChI is InChI=1S/C22H29FN2O2/c1-6-25(13-17-10-11-20(27-5)19(23)12-17)14-21(26)24-22-16(4)8-7-9-18(22)15(2)3/h7-12,15H,6,13-14H2,1-5H3,(H,24,26). The second kappa shape index (κ2) is 9.51. The van der Waals surface area contributed by atoms with Crippen LogP contribution in [-0.2, 0) is 11.3 Å². The Balaban J connectivity index is 2.06. The summed E-state index contributed by atoms with van der Waals surface area (Å²) in [5, 5.41) is 3.07. The molecule has 0 aliphatic rings. The summed E-state index contributed by atoms with van der Waals surface area (Å²) in [6.45, 7) is 9.64. The van der Waals surface area contributed by atoms with Gasteiger partial charge in [0.15, 0.2) is 11.6 Å². The number of methoxy groups -OCH3 is 1. The van der Waals surface area contributed by atoms with E-state index in [1.807, 2.05) is 43.0 Å². The maximum absolute atomic E-state index is 13.9. The third-order valence-corrected chi connectivity index (χ3v) is 4.63. The molecule has 2 aromatic rings. The number of anilines is 1. The van der Waals surface area contributed by atoms with E-state index in [1.54, 1.807) is 6.07 Å². The Morgan fingerprint density at radius 1 is 1.26 bits per heavy atom. The zero-order valence-corrected chi connectivity index (χ0v) is 16.8. The number of hydrogen-bond donors (Lipinski definition) is 1. The summed E-state index contributed by atoms with van der Waals surface area (Å²) in [6.07, 6.45) is 0. The second-order valence-electron chi connectivity index (χ2n) is 7.01. The van der Waals surface area contributed by atoms with Crippen LogP contribution in [0.5, 0.6) is 5.75 Å². The number of halogens is 1. The first-order chi connectivity index (χ1) is 12.8. The predicted octanol–water partition coefficient (Wildman–Crippen LogP) is 4.73. The first-order valence-corrected chi connectivity index (χ1v) is 9.29. The van der Waals surface area contributed by atoms with Gasteiger partial charge in [-0.15, -0.1) is 0 Å². The van der Waals surface area contributed by atoms with Crippen LogP contribution in [-0.4, -0.2) is 31.0 Å². The van der Waals surface area contributed by atoms with Crippen LogP contribution in [0.25, 0.3) is 0 Å². The van der Waals surface area contributed by atoms with Crippen molar-refractivity contribution in [2.45, 2.75) is 40.2 Å². The topological polar surface area (TPSA) is 41.6 Å². The third-order valence-electron chi connectivity index (χ3n) is 4.63. The minimum atomic E-state index is -0.392. The van der Waals surface area contributed by atoms with Crippen molar-refractivity contribution in [3.8, 4) is 5.75 Å². The number of benzene rings is 2. The number of nitrogens with zero attached hydrogens (tertiary/aromatic N) is 1. The molecule has 0 radical (unpaired) electrons. The minimum Gasteiger partial charge on any atom is -0.494 e. The number of ether oxygens (including phenoxy) is 1. The molecule has 0 heterocycles. The average molecular weight is 372 g/mol. The quantitative estimate of drug-likeness (QED) is 0.728. The Hall–Kier alpha value is -2.40. The monoisotopic (exact) mass is 372 g/mol. The largest absolute Gasteiger partial charge is 0.494 e. The highest BCUT2D eigenvalue weighted by molar-refractivity contribution is 5.93. The van der Waals surface area contributed by atoms with E-state index in [4.69, 9.17) is 4.74 Å². The molecular weight excluding hydrogens is 343 g/mol. The highest BCUT2D eigenvalue weighted by Gasteiger charge is 2.15. The zero-order chi connectivity index (χ0) is 20.0. The molecular formula is C22H29FN2O2. The van der Waals surface area contributed by atoms with Gasteiger partial charge < -0.3 is 10.1 Å². The number of nitrogens with one attached hydrogen (secondary N) is 1. The molecule has 0 bridgehead atoms. The molecule has 0 fully saturated rings. The molecule has 146 valence electrons. The van der Waals surface area contributed by atoms with Gasteiger partial charge >= 0.3 is 0 Å². The lowest BCUT2D eigenvalue weighted by Gasteiger charge is -2.22. The third kappa shape index (κ3) is 5.54. The fraction of sp³-hybridized carbons (Fsp3) is 0.409. The lowest BCUT2D eigenvalue weighted by atomic mass is 9.98. The summed E-state index contributed by atoms with van der Waals surface area (Å²) in [4.78, 5) is 14.6. The number of para-hydroxylation sites is 1. The van der Waals surface area contributed by atoms with Crippen molar-refractivity contribution in [1.82, 2.24) is 4.90 Å². The first kappa shape index (κ1) is 20.9. The van der Waals surface area contributed by atoms with Gasteiger partial charge in [-0.1, -0.05) is 45.0 Å². The molecule has 0 saturated carbocycles. The molecule has 1 N–H and O–H groups in total. The number of carbonyl (C=O) groups excluding carboxylic acids is 1. The van der Waals surface area contributed by atoms with Crippen LogP contribution in [0.1, 0.15) is 43.4 Å². The van der Waals surface area contributed by atoms with Gasteiger partial charge in [-0.25, -0.2) is 4.39 Å². The van der Waals surface area contributed by atoms with Gasteiger partial charge in [0.1, 0.15) is 0 Å². The van der Waals surface area contributed by atoms with E-state index in [9.17, 15) is 9.18 Å². The zero-order valence-electron chi connectivity index (χ0n) is 16.8. The van der Waals surface area contributed by atoms with Crippen molar-refractivity contribution in [3.05, 3.63) is 58.9 Å². The van der Waals surface area contributed by atoms with E-state index < -0.39 is 5.82 Å². The molecule has 0 unspecified atom stereocenters. The maximum Gasteiger partial charge on any atom is 0.238 e. The van der Waals surface area contributed by atoms with E-state index in [0.717, 1.165) is 22.4 Å². The summed E-state index contributed by atoms with van der Waals surface area (Å²) in [6, 6.07) is 10.9. The number of rotatable bonds is 8. The number of hydrogen-bond acceptors (Lipinski definition) is 3. The van der Waals surface area contributed by atoms with Crippen molar-refractivity contribution in [2.75, 3.05) is 25.5 Å². The Labute approximate surface area is 161 Å². The number of likely N-dealkylation sites (N-methyl/N-ethyl adjacent to an activating group) is 1.